The standard InChI is InChI=1S/C14H20N4OS/c1-18(12-4-2-3-10(12)7-15)9-13(19)17-14-11(8-16)5-6-20-14/h5-6,10,12H,2-4,7,9,15H2,1H3,(H,17,19). The fourth-order valence-corrected chi connectivity index (χ4v) is 3.63. The number of nitrogens with zero attached hydrogens (tertiary/aromatic N) is 2. The highest BCUT2D eigenvalue weighted by Crippen LogP contribution is 2.28. The summed E-state index contributed by atoms with van der Waals surface area (Å²) in [6.07, 6.45) is 3.44. The first-order chi connectivity index (χ1) is 9.65. The lowest BCUT2D eigenvalue weighted by Crippen LogP contribution is -2.41. The molecule has 20 heavy (non-hydrogen) atoms. The van der Waals surface area contributed by atoms with Crippen molar-refractivity contribution < 1.29 is 4.79 Å². The molecule has 6 heteroatoms. The monoisotopic (exact) mass is 292 g/mol. The molecule has 1 aliphatic rings. The Morgan fingerprint density at radius 3 is 3.15 bits per heavy atom. The van der Waals surface area contributed by atoms with Crippen LogP contribution in [0.5, 0.6) is 0 Å². The fourth-order valence-electron chi connectivity index (χ4n) is 2.88. The molecule has 5 nitrogen and oxygen atoms in total. The van der Waals surface area contributed by atoms with Crippen LogP contribution >= 0.6 is 11.3 Å². The van der Waals surface area contributed by atoms with Gasteiger partial charge in [-0.05, 0) is 43.8 Å². The van der Waals surface area contributed by atoms with E-state index in [0.29, 0.717) is 35.6 Å². The van der Waals surface area contributed by atoms with Gasteiger partial charge in [-0.25, -0.2) is 0 Å². The summed E-state index contributed by atoms with van der Waals surface area (Å²) in [5, 5.41) is 14.2. The van der Waals surface area contributed by atoms with Gasteiger partial charge in [-0.3, -0.25) is 9.69 Å². The van der Waals surface area contributed by atoms with Gasteiger partial charge in [-0.2, -0.15) is 5.26 Å². The molecule has 2 unspecified atom stereocenters. The first-order valence-electron chi connectivity index (χ1n) is 6.83. The number of rotatable bonds is 5. The van der Waals surface area contributed by atoms with E-state index in [0.717, 1.165) is 12.8 Å². The second kappa shape index (κ2) is 6.84. The molecule has 2 rings (SSSR count). The Labute approximate surface area is 123 Å². The Balaban J connectivity index is 1.90. The molecule has 2 atom stereocenters. The van der Waals surface area contributed by atoms with Gasteiger partial charge in [0.25, 0.3) is 0 Å². The highest BCUT2D eigenvalue weighted by molar-refractivity contribution is 7.14. The number of carbonyl (C=O) groups excluding carboxylic acids is 1. The molecule has 1 fully saturated rings. The van der Waals surface area contributed by atoms with E-state index in [4.69, 9.17) is 11.0 Å². The average Bonchev–Trinajstić information content (AvgIpc) is 3.06. The summed E-state index contributed by atoms with van der Waals surface area (Å²) in [5.74, 6) is 0.415. The van der Waals surface area contributed by atoms with Crippen LogP contribution in [0.15, 0.2) is 11.4 Å². The third-order valence-electron chi connectivity index (χ3n) is 3.92. The van der Waals surface area contributed by atoms with Crippen LogP contribution in [0.2, 0.25) is 0 Å². The van der Waals surface area contributed by atoms with Crippen LogP contribution < -0.4 is 11.1 Å². The average molecular weight is 292 g/mol. The number of carbonyl (C=O) groups is 1. The number of anilines is 1. The molecule has 0 spiro atoms. The van der Waals surface area contributed by atoms with Gasteiger partial charge in [-0.1, -0.05) is 6.42 Å². The third kappa shape index (κ3) is 3.37. The molecule has 0 saturated heterocycles. The van der Waals surface area contributed by atoms with E-state index in [9.17, 15) is 4.79 Å². The Hall–Kier alpha value is -1.42. The summed E-state index contributed by atoms with van der Waals surface area (Å²) in [5.41, 5.74) is 6.30. The van der Waals surface area contributed by atoms with Gasteiger partial charge >= 0.3 is 0 Å². The lowest BCUT2D eigenvalue weighted by atomic mass is 10.0. The van der Waals surface area contributed by atoms with E-state index in [1.54, 1.807) is 11.4 Å². The van der Waals surface area contributed by atoms with Crippen molar-refractivity contribution in [1.82, 2.24) is 4.90 Å². The lowest BCUT2D eigenvalue weighted by molar-refractivity contribution is -0.117. The Bertz CT molecular complexity index is 508. The van der Waals surface area contributed by atoms with Crippen LogP contribution in [-0.2, 0) is 4.79 Å². The zero-order chi connectivity index (χ0) is 14.5. The maximum atomic E-state index is 12.1. The minimum Gasteiger partial charge on any atom is -0.330 e. The van der Waals surface area contributed by atoms with Gasteiger partial charge in [0.05, 0.1) is 12.1 Å². The smallest absolute Gasteiger partial charge is 0.239 e. The summed E-state index contributed by atoms with van der Waals surface area (Å²) in [6, 6.07) is 4.18. The summed E-state index contributed by atoms with van der Waals surface area (Å²) < 4.78 is 0. The van der Waals surface area contributed by atoms with E-state index in [-0.39, 0.29) is 5.91 Å². The molecular formula is C14H20N4OS. The molecular weight excluding hydrogens is 272 g/mol. The number of likely N-dealkylation sites (N-methyl/N-ethyl adjacent to an activating group) is 1. The molecule has 3 N–H and O–H groups in total. The van der Waals surface area contributed by atoms with Gasteiger partial charge in [0, 0.05) is 6.04 Å². The minimum absolute atomic E-state index is 0.0749. The van der Waals surface area contributed by atoms with Crippen LogP contribution in [0.4, 0.5) is 5.00 Å². The number of thiophene rings is 1. The van der Waals surface area contributed by atoms with E-state index in [2.05, 4.69) is 16.3 Å². The van der Waals surface area contributed by atoms with Crippen molar-refractivity contribution in [3.05, 3.63) is 17.0 Å². The highest BCUT2D eigenvalue weighted by atomic mass is 32.1. The van der Waals surface area contributed by atoms with Crippen molar-refractivity contribution in [2.24, 2.45) is 11.7 Å². The quantitative estimate of drug-likeness (QED) is 0.864. The van der Waals surface area contributed by atoms with Crippen molar-refractivity contribution in [2.75, 3.05) is 25.5 Å². The first kappa shape index (κ1) is 15.0. The summed E-state index contributed by atoms with van der Waals surface area (Å²) in [6.45, 7) is 1.02. The van der Waals surface area contributed by atoms with E-state index >= 15 is 0 Å². The number of hydrogen-bond acceptors (Lipinski definition) is 5. The van der Waals surface area contributed by atoms with Crippen molar-refractivity contribution >= 4 is 22.2 Å². The van der Waals surface area contributed by atoms with Crippen LogP contribution in [0, 0.1) is 17.2 Å². The van der Waals surface area contributed by atoms with Gasteiger partial charge in [0.15, 0.2) is 0 Å². The van der Waals surface area contributed by atoms with Gasteiger partial charge in [0.1, 0.15) is 11.1 Å². The highest BCUT2D eigenvalue weighted by Gasteiger charge is 2.30. The second-order valence-corrected chi connectivity index (χ2v) is 6.15. The number of nitriles is 1. The largest absolute Gasteiger partial charge is 0.330 e. The molecule has 0 aromatic carbocycles. The normalized spacial score (nSPS) is 21.9. The lowest BCUT2D eigenvalue weighted by Gasteiger charge is -2.28. The second-order valence-electron chi connectivity index (χ2n) is 5.23. The number of hydrogen-bond donors (Lipinski definition) is 2. The Morgan fingerprint density at radius 1 is 1.65 bits per heavy atom. The topological polar surface area (TPSA) is 82.2 Å². The van der Waals surface area contributed by atoms with Crippen molar-refractivity contribution in [3.8, 4) is 6.07 Å². The van der Waals surface area contributed by atoms with E-state index in [1.165, 1.54) is 17.8 Å². The number of nitrogens with two attached hydrogens (primary N) is 1. The summed E-state index contributed by atoms with van der Waals surface area (Å²) in [4.78, 5) is 14.1. The molecule has 1 aromatic heterocycles. The first-order valence-corrected chi connectivity index (χ1v) is 7.71. The van der Waals surface area contributed by atoms with Crippen molar-refractivity contribution in [3.63, 3.8) is 0 Å². The molecule has 1 aromatic rings. The minimum atomic E-state index is -0.0749. The Morgan fingerprint density at radius 2 is 2.45 bits per heavy atom. The van der Waals surface area contributed by atoms with E-state index in [1.807, 2.05) is 7.05 Å². The SMILES string of the molecule is CN(CC(=O)Nc1sccc1C#N)C1CCCC1CN. The zero-order valence-corrected chi connectivity index (χ0v) is 12.4. The van der Waals surface area contributed by atoms with Crippen LogP contribution in [0.25, 0.3) is 0 Å². The van der Waals surface area contributed by atoms with E-state index < -0.39 is 0 Å². The van der Waals surface area contributed by atoms with Crippen LogP contribution in [-0.4, -0.2) is 37.0 Å². The molecule has 1 aliphatic carbocycles. The van der Waals surface area contributed by atoms with Gasteiger partial charge in [-0.15, -0.1) is 11.3 Å². The predicted octanol–water partition coefficient (Wildman–Crippen LogP) is 1.62. The van der Waals surface area contributed by atoms with Crippen molar-refractivity contribution in [1.29, 1.82) is 5.26 Å². The molecule has 1 heterocycles. The molecule has 1 amide bonds. The fraction of sp³-hybridized carbons (Fsp3) is 0.571. The Kier molecular flexibility index (Phi) is 5.12. The summed E-state index contributed by atoms with van der Waals surface area (Å²) >= 11 is 1.37. The molecule has 108 valence electrons. The maximum Gasteiger partial charge on any atom is 0.239 e. The predicted molar refractivity (Wildman–Crippen MR) is 80.5 cm³/mol. The molecule has 0 radical (unpaired) electrons. The molecule has 0 bridgehead atoms. The van der Waals surface area contributed by atoms with Gasteiger partial charge < -0.3 is 11.1 Å². The van der Waals surface area contributed by atoms with Crippen LogP contribution in [0.1, 0.15) is 24.8 Å². The molecule has 0 aliphatic heterocycles. The van der Waals surface area contributed by atoms with Crippen LogP contribution in [0.3, 0.4) is 0 Å². The number of amides is 1. The van der Waals surface area contributed by atoms with Crippen molar-refractivity contribution in [2.45, 2.75) is 25.3 Å². The summed E-state index contributed by atoms with van der Waals surface area (Å²) in [7, 11) is 1.97. The van der Waals surface area contributed by atoms with Gasteiger partial charge in [0.2, 0.25) is 5.91 Å². The maximum absolute atomic E-state index is 12.1. The zero-order valence-electron chi connectivity index (χ0n) is 11.6. The number of nitrogens with one attached hydrogen (secondary N) is 1. The molecule has 1 saturated carbocycles. The third-order valence-corrected chi connectivity index (χ3v) is 4.75.